The molecule has 1 fully saturated rings. The lowest BCUT2D eigenvalue weighted by Gasteiger charge is -2.34. The van der Waals surface area contributed by atoms with Crippen molar-refractivity contribution in [2.75, 3.05) is 25.0 Å². The van der Waals surface area contributed by atoms with Gasteiger partial charge in [0.2, 0.25) is 21.8 Å². The summed E-state index contributed by atoms with van der Waals surface area (Å²) < 4.78 is 30.4. The van der Waals surface area contributed by atoms with E-state index in [1.165, 1.54) is 12.4 Å². The Hall–Kier alpha value is -3.28. The first-order chi connectivity index (χ1) is 18.8. The second-order valence-corrected chi connectivity index (χ2v) is 11.3. The van der Waals surface area contributed by atoms with Crippen LogP contribution in [0.5, 0.6) is 0 Å². The number of anilines is 1. The van der Waals surface area contributed by atoms with Crippen LogP contribution in [0, 0.1) is 5.92 Å². The number of nitrogens with two attached hydrogens (primary N) is 1. The Labute approximate surface area is 231 Å². The fourth-order valence-electron chi connectivity index (χ4n) is 4.74. The molecule has 39 heavy (non-hydrogen) atoms. The Morgan fingerprint density at radius 2 is 1.82 bits per heavy atom. The van der Waals surface area contributed by atoms with Gasteiger partial charge in [-0.3, -0.25) is 14.6 Å². The summed E-state index contributed by atoms with van der Waals surface area (Å²) in [5.41, 5.74) is 3.86. The van der Waals surface area contributed by atoms with Gasteiger partial charge >= 0.3 is 0 Å². The van der Waals surface area contributed by atoms with Crippen LogP contribution in [0.2, 0.25) is 0 Å². The van der Waals surface area contributed by atoms with Gasteiger partial charge in [-0.2, -0.15) is 4.72 Å². The van der Waals surface area contributed by atoms with Crippen molar-refractivity contribution in [2.45, 2.75) is 63.3 Å². The van der Waals surface area contributed by atoms with E-state index in [0.29, 0.717) is 37.5 Å². The van der Waals surface area contributed by atoms with E-state index in [2.05, 4.69) is 27.4 Å². The van der Waals surface area contributed by atoms with Crippen molar-refractivity contribution < 1.29 is 18.0 Å². The quantitative estimate of drug-likeness (QED) is 0.0979. The minimum Gasteiger partial charge on any atom is -0.341 e. The van der Waals surface area contributed by atoms with E-state index in [4.69, 9.17) is 5.84 Å². The van der Waals surface area contributed by atoms with Gasteiger partial charge in [-0.25, -0.2) is 14.3 Å². The number of piperidine rings is 1. The molecule has 0 saturated carbocycles. The lowest BCUT2D eigenvalue weighted by molar-refractivity contribution is -0.134. The molecule has 2 amide bonds. The second kappa shape index (κ2) is 14.8. The minimum atomic E-state index is -4.20. The summed E-state index contributed by atoms with van der Waals surface area (Å²) in [6, 6.07) is 13.1. The molecule has 1 aliphatic heterocycles. The fraction of sp³-hybridized carbons (Fsp3) is 0.464. The van der Waals surface area contributed by atoms with E-state index in [1.807, 2.05) is 30.3 Å². The predicted octanol–water partition coefficient (Wildman–Crippen LogP) is 3.27. The minimum absolute atomic E-state index is 0.0847. The SMILES string of the molecule is CCC(=O)Nc1c(-c2ccccc2)cccc1S(=O)(=O)N[C@@H](CCCN=CNN)C(=O)N1CCC(CC)CC1. The van der Waals surface area contributed by atoms with E-state index in [0.717, 1.165) is 24.8 Å². The van der Waals surface area contributed by atoms with Crippen molar-refractivity contribution in [1.82, 2.24) is 15.0 Å². The highest BCUT2D eigenvalue weighted by molar-refractivity contribution is 7.89. The van der Waals surface area contributed by atoms with Gasteiger partial charge < -0.3 is 15.6 Å². The predicted molar refractivity (Wildman–Crippen MR) is 154 cm³/mol. The molecule has 2 aromatic rings. The van der Waals surface area contributed by atoms with Crippen molar-refractivity contribution >= 4 is 33.9 Å². The highest BCUT2D eigenvalue weighted by Gasteiger charge is 2.32. The van der Waals surface area contributed by atoms with Crippen LogP contribution < -0.4 is 21.3 Å². The third kappa shape index (κ3) is 8.35. The van der Waals surface area contributed by atoms with Gasteiger partial charge in [0, 0.05) is 31.6 Å². The van der Waals surface area contributed by atoms with Crippen LogP contribution in [-0.4, -0.2) is 57.1 Å². The van der Waals surface area contributed by atoms with Crippen LogP contribution >= 0.6 is 0 Å². The maximum absolute atomic E-state index is 13.8. The highest BCUT2D eigenvalue weighted by atomic mass is 32.2. The molecule has 0 radical (unpaired) electrons. The number of carbonyl (C=O) groups excluding carboxylic acids is 2. The standard InChI is InChI=1S/C28H40N6O4S/c1-3-21-15-18-34(19-16-21)28(36)24(13-9-17-30-20-31-29)33-39(37,38)25-14-8-12-23(22-10-6-5-7-11-22)27(25)32-26(35)4-2/h5-8,10-12,14,20-21,24,33H,3-4,9,13,15-19,29H2,1-2H3,(H,30,31)(H,32,35)/t24-/m0/s1. The first-order valence-electron chi connectivity index (χ1n) is 13.5. The molecule has 11 heteroatoms. The molecule has 0 spiro atoms. The van der Waals surface area contributed by atoms with Crippen LogP contribution in [0.3, 0.4) is 0 Å². The van der Waals surface area contributed by atoms with Gasteiger partial charge in [-0.1, -0.05) is 62.7 Å². The number of hydrogen-bond donors (Lipinski definition) is 4. The number of likely N-dealkylation sites (tertiary alicyclic amines) is 1. The average molecular weight is 557 g/mol. The highest BCUT2D eigenvalue weighted by Crippen LogP contribution is 2.34. The Morgan fingerprint density at radius 1 is 1.10 bits per heavy atom. The Kier molecular flexibility index (Phi) is 11.5. The number of nitrogens with zero attached hydrogens (tertiary/aromatic N) is 2. The molecule has 2 aromatic carbocycles. The molecule has 0 unspecified atom stereocenters. The zero-order valence-electron chi connectivity index (χ0n) is 22.7. The van der Waals surface area contributed by atoms with Gasteiger partial charge in [0.05, 0.1) is 12.0 Å². The molecule has 1 atom stereocenters. The first-order valence-corrected chi connectivity index (χ1v) is 15.0. The van der Waals surface area contributed by atoms with E-state index < -0.39 is 16.1 Å². The van der Waals surface area contributed by atoms with Crippen molar-refractivity contribution in [3.8, 4) is 11.1 Å². The number of hydrazine groups is 1. The molecule has 0 aromatic heterocycles. The lowest BCUT2D eigenvalue weighted by atomic mass is 9.94. The van der Waals surface area contributed by atoms with E-state index in [1.54, 1.807) is 24.0 Å². The van der Waals surface area contributed by atoms with E-state index >= 15 is 0 Å². The Morgan fingerprint density at radius 3 is 2.46 bits per heavy atom. The number of sulfonamides is 1. The molecule has 212 valence electrons. The molecule has 10 nitrogen and oxygen atoms in total. The summed E-state index contributed by atoms with van der Waals surface area (Å²) in [5, 5.41) is 2.79. The van der Waals surface area contributed by atoms with Crippen LogP contribution in [-0.2, 0) is 19.6 Å². The van der Waals surface area contributed by atoms with Crippen LogP contribution in [0.25, 0.3) is 11.1 Å². The first kappa shape index (κ1) is 30.3. The Balaban J connectivity index is 1.94. The smallest absolute Gasteiger partial charge is 0.243 e. The van der Waals surface area contributed by atoms with Gasteiger partial charge in [-0.05, 0) is 43.2 Å². The van der Waals surface area contributed by atoms with Crippen LogP contribution in [0.4, 0.5) is 5.69 Å². The normalized spacial score (nSPS) is 15.3. The van der Waals surface area contributed by atoms with E-state index in [-0.39, 0.29) is 35.2 Å². The number of para-hydroxylation sites is 1. The second-order valence-electron chi connectivity index (χ2n) is 9.64. The number of nitrogens with one attached hydrogen (secondary N) is 3. The summed E-state index contributed by atoms with van der Waals surface area (Å²) in [7, 11) is -4.20. The van der Waals surface area contributed by atoms with Crippen molar-refractivity contribution in [2.24, 2.45) is 16.8 Å². The monoisotopic (exact) mass is 556 g/mol. The average Bonchev–Trinajstić information content (AvgIpc) is 2.96. The number of benzene rings is 2. The van der Waals surface area contributed by atoms with Gasteiger partial charge in [0.25, 0.3) is 0 Å². The van der Waals surface area contributed by atoms with Gasteiger partial charge in [0.15, 0.2) is 0 Å². The summed E-state index contributed by atoms with van der Waals surface area (Å²) in [5.74, 6) is 5.24. The largest absolute Gasteiger partial charge is 0.341 e. The van der Waals surface area contributed by atoms with Crippen molar-refractivity contribution in [1.29, 1.82) is 0 Å². The maximum atomic E-state index is 13.8. The maximum Gasteiger partial charge on any atom is 0.243 e. The zero-order valence-corrected chi connectivity index (χ0v) is 23.5. The van der Waals surface area contributed by atoms with Crippen LogP contribution in [0.1, 0.15) is 52.4 Å². The fourth-order valence-corrected chi connectivity index (χ4v) is 6.15. The Bertz CT molecular complexity index is 1230. The topological polar surface area (TPSA) is 146 Å². The van der Waals surface area contributed by atoms with Crippen molar-refractivity contribution in [3.05, 3.63) is 48.5 Å². The van der Waals surface area contributed by atoms with Crippen molar-refractivity contribution in [3.63, 3.8) is 0 Å². The molecule has 0 bridgehead atoms. The molecular formula is C28H40N6O4S. The molecule has 1 aliphatic rings. The lowest BCUT2D eigenvalue weighted by Crippen LogP contribution is -2.50. The molecule has 1 saturated heterocycles. The summed E-state index contributed by atoms with van der Waals surface area (Å²) in [6.07, 6.45) is 5.16. The summed E-state index contributed by atoms with van der Waals surface area (Å²) >= 11 is 0. The molecule has 3 rings (SSSR count). The summed E-state index contributed by atoms with van der Waals surface area (Å²) in [6.45, 7) is 5.44. The zero-order chi connectivity index (χ0) is 28.3. The molecule has 1 heterocycles. The van der Waals surface area contributed by atoms with Gasteiger partial charge in [0.1, 0.15) is 10.9 Å². The summed E-state index contributed by atoms with van der Waals surface area (Å²) in [4.78, 5) is 31.8. The van der Waals surface area contributed by atoms with E-state index in [9.17, 15) is 18.0 Å². The van der Waals surface area contributed by atoms with Crippen LogP contribution in [0.15, 0.2) is 58.4 Å². The molecular weight excluding hydrogens is 516 g/mol. The number of hydrogen-bond acceptors (Lipinski definition) is 6. The number of carbonyl (C=O) groups is 2. The molecule has 5 N–H and O–H groups in total. The number of aliphatic imine (C=N–C) groups is 1. The van der Waals surface area contributed by atoms with Gasteiger partial charge in [-0.15, -0.1) is 0 Å². The molecule has 0 aliphatic carbocycles. The number of amides is 2. The number of rotatable bonds is 13. The third-order valence-electron chi connectivity index (χ3n) is 7.03. The third-order valence-corrected chi connectivity index (χ3v) is 8.55.